The molecule has 1 saturated carbocycles. The van der Waals surface area contributed by atoms with Crippen LogP contribution in [-0.4, -0.2) is 12.6 Å². The number of nitrogens with one attached hydrogen (secondary N) is 1. The lowest BCUT2D eigenvalue weighted by Gasteiger charge is -2.38. The third-order valence-corrected chi connectivity index (χ3v) is 5.72. The van der Waals surface area contributed by atoms with Crippen molar-refractivity contribution >= 4 is 23.2 Å². The van der Waals surface area contributed by atoms with E-state index in [4.69, 9.17) is 23.2 Å². The van der Waals surface area contributed by atoms with Crippen molar-refractivity contribution in [2.75, 3.05) is 6.54 Å². The highest BCUT2D eigenvalue weighted by atomic mass is 35.5. The van der Waals surface area contributed by atoms with Gasteiger partial charge in [0.25, 0.3) is 0 Å². The van der Waals surface area contributed by atoms with Gasteiger partial charge in [0.2, 0.25) is 0 Å². The standard InChI is InChI=1S/C18H27Cl2N/c1-3-11-21-17(18(4-2)9-5-6-10-18)13-14-12-15(19)7-8-16(14)20/h7-8,12,17,21H,3-6,9-11,13H2,1-2H3. The van der Waals surface area contributed by atoms with Crippen molar-refractivity contribution in [3.63, 3.8) is 0 Å². The molecule has 1 aromatic carbocycles. The van der Waals surface area contributed by atoms with Gasteiger partial charge >= 0.3 is 0 Å². The maximum absolute atomic E-state index is 6.38. The molecule has 2 rings (SSSR count). The zero-order valence-electron chi connectivity index (χ0n) is 13.2. The average Bonchev–Trinajstić information content (AvgIpc) is 2.97. The molecule has 0 heterocycles. The van der Waals surface area contributed by atoms with Gasteiger partial charge in [-0.2, -0.15) is 0 Å². The Morgan fingerprint density at radius 2 is 1.90 bits per heavy atom. The van der Waals surface area contributed by atoms with Crippen molar-refractivity contribution in [2.24, 2.45) is 5.41 Å². The van der Waals surface area contributed by atoms with Crippen molar-refractivity contribution in [3.8, 4) is 0 Å². The second-order valence-electron chi connectivity index (χ2n) is 6.37. The van der Waals surface area contributed by atoms with Crippen molar-refractivity contribution < 1.29 is 0 Å². The van der Waals surface area contributed by atoms with Crippen molar-refractivity contribution in [2.45, 2.75) is 64.8 Å². The normalized spacial score (nSPS) is 18.9. The minimum absolute atomic E-state index is 0.431. The Morgan fingerprint density at radius 1 is 1.19 bits per heavy atom. The van der Waals surface area contributed by atoms with Crippen LogP contribution in [0.2, 0.25) is 10.0 Å². The summed E-state index contributed by atoms with van der Waals surface area (Å²) in [4.78, 5) is 0. The molecule has 1 fully saturated rings. The summed E-state index contributed by atoms with van der Waals surface area (Å²) in [6.07, 6.45) is 8.79. The zero-order chi connectivity index (χ0) is 15.3. The predicted octanol–water partition coefficient (Wildman–Crippen LogP) is 5.87. The van der Waals surface area contributed by atoms with E-state index >= 15 is 0 Å². The van der Waals surface area contributed by atoms with Gasteiger partial charge in [0.15, 0.2) is 0 Å². The van der Waals surface area contributed by atoms with E-state index in [1.165, 1.54) is 44.1 Å². The number of hydrogen-bond donors (Lipinski definition) is 1. The first-order chi connectivity index (χ1) is 10.1. The molecule has 1 atom stereocenters. The van der Waals surface area contributed by atoms with Gasteiger partial charge in [-0.15, -0.1) is 0 Å². The van der Waals surface area contributed by atoms with Crippen molar-refractivity contribution in [1.82, 2.24) is 5.32 Å². The van der Waals surface area contributed by atoms with Gasteiger partial charge in [0.1, 0.15) is 0 Å². The molecule has 0 aliphatic heterocycles. The topological polar surface area (TPSA) is 12.0 Å². The van der Waals surface area contributed by atoms with E-state index in [1.807, 2.05) is 18.2 Å². The molecule has 118 valence electrons. The second-order valence-corrected chi connectivity index (χ2v) is 7.21. The Hall–Kier alpha value is -0.240. The van der Waals surface area contributed by atoms with E-state index in [2.05, 4.69) is 19.2 Å². The van der Waals surface area contributed by atoms with E-state index in [9.17, 15) is 0 Å². The predicted molar refractivity (Wildman–Crippen MR) is 93.4 cm³/mol. The van der Waals surface area contributed by atoms with E-state index < -0.39 is 0 Å². The molecule has 1 aromatic rings. The molecule has 1 N–H and O–H groups in total. The first-order valence-electron chi connectivity index (χ1n) is 8.28. The molecular weight excluding hydrogens is 301 g/mol. The number of benzene rings is 1. The molecule has 1 aliphatic carbocycles. The molecule has 0 aromatic heterocycles. The van der Waals surface area contributed by atoms with Crippen LogP contribution in [-0.2, 0) is 6.42 Å². The van der Waals surface area contributed by atoms with E-state index in [0.717, 1.165) is 23.0 Å². The third-order valence-electron chi connectivity index (χ3n) is 5.12. The van der Waals surface area contributed by atoms with Crippen LogP contribution in [0.25, 0.3) is 0 Å². The third kappa shape index (κ3) is 4.15. The summed E-state index contributed by atoms with van der Waals surface area (Å²) in [5.41, 5.74) is 1.61. The summed E-state index contributed by atoms with van der Waals surface area (Å²) >= 11 is 12.5. The van der Waals surface area contributed by atoms with Crippen LogP contribution in [0.1, 0.15) is 57.9 Å². The van der Waals surface area contributed by atoms with Crippen LogP contribution in [0.3, 0.4) is 0 Å². The van der Waals surface area contributed by atoms with Gasteiger partial charge in [-0.1, -0.05) is 49.9 Å². The molecule has 3 heteroatoms. The molecule has 1 nitrogen and oxygen atoms in total. The Labute approximate surface area is 139 Å². The Kier molecular flexibility index (Phi) is 6.40. The summed E-state index contributed by atoms with van der Waals surface area (Å²) in [5.74, 6) is 0. The number of rotatable bonds is 7. The lowest BCUT2D eigenvalue weighted by molar-refractivity contribution is 0.184. The molecule has 0 radical (unpaired) electrons. The van der Waals surface area contributed by atoms with E-state index in [1.54, 1.807) is 0 Å². The summed E-state index contributed by atoms with van der Waals surface area (Å²) in [6.45, 7) is 5.64. The molecular formula is C18H27Cl2N. The van der Waals surface area contributed by atoms with Gasteiger partial charge in [0, 0.05) is 16.1 Å². The molecule has 1 aliphatic rings. The zero-order valence-corrected chi connectivity index (χ0v) is 14.7. The molecule has 0 amide bonds. The Morgan fingerprint density at radius 3 is 2.52 bits per heavy atom. The quantitative estimate of drug-likeness (QED) is 0.659. The molecule has 0 spiro atoms. The first-order valence-corrected chi connectivity index (χ1v) is 9.04. The minimum atomic E-state index is 0.431. The van der Waals surface area contributed by atoms with Crippen molar-refractivity contribution in [1.29, 1.82) is 0 Å². The fourth-order valence-corrected chi connectivity index (χ4v) is 4.16. The molecule has 1 unspecified atom stereocenters. The number of halogens is 2. The molecule has 0 bridgehead atoms. The van der Waals surface area contributed by atoms with Gasteiger partial charge in [-0.25, -0.2) is 0 Å². The SMILES string of the molecule is CCCNC(Cc1cc(Cl)ccc1Cl)C1(CC)CCCC1. The van der Waals surface area contributed by atoms with Crippen LogP contribution in [0, 0.1) is 5.41 Å². The van der Waals surface area contributed by atoms with Crippen LogP contribution < -0.4 is 5.32 Å². The Bertz CT molecular complexity index is 453. The largest absolute Gasteiger partial charge is 0.313 e. The maximum atomic E-state index is 6.38. The van der Waals surface area contributed by atoms with Gasteiger partial charge in [0.05, 0.1) is 0 Å². The summed E-state index contributed by atoms with van der Waals surface area (Å²) in [6, 6.07) is 6.32. The maximum Gasteiger partial charge on any atom is 0.0439 e. The van der Waals surface area contributed by atoms with Crippen LogP contribution >= 0.6 is 23.2 Å². The summed E-state index contributed by atoms with van der Waals surface area (Å²) in [7, 11) is 0. The molecule has 21 heavy (non-hydrogen) atoms. The van der Waals surface area contributed by atoms with E-state index in [0.29, 0.717) is 11.5 Å². The highest BCUT2D eigenvalue weighted by molar-refractivity contribution is 6.33. The Balaban J connectivity index is 2.21. The van der Waals surface area contributed by atoms with Crippen LogP contribution in [0.15, 0.2) is 18.2 Å². The fraction of sp³-hybridized carbons (Fsp3) is 0.667. The monoisotopic (exact) mass is 327 g/mol. The minimum Gasteiger partial charge on any atom is -0.313 e. The summed E-state index contributed by atoms with van der Waals surface area (Å²) < 4.78 is 0. The highest BCUT2D eigenvalue weighted by Gasteiger charge is 2.39. The first kappa shape index (κ1) is 17.1. The smallest absolute Gasteiger partial charge is 0.0439 e. The number of hydrogen-bond acceptors (Lipinski definition) is 1. The van der Waals surface area contributed by atoms with Crippen LogP contribution in [0.4, 0.5) is 0 Å². The van der Waals surface area contributed by atoms with Gasteiger partial charge in [-0.3, -0.25) is 0 Å². The lowest BCUT2D eigenvalue weighted by Crippen LogP contribution is -2.45. The van der Waals surface area contributed by atoms with Crippen molar-refractivity contribution in [3.05, 3.63) is 33.8 Å². The van der Waals surface area contributed by atoms with Gasteiger partial charge in [-0.05, 0) is 67.8 Å². The van der Waals surface area contributed by atoms with Crippen LogP contribution in [0.5, 0.6) is 0 Å². The lowest BCUT2D eigenvalue weighted by atomic mass is 9.74. The second kappa shape index (κ2) is 7.85. The van der Waals surface area contributed by atoms with Gasteiger partial charge < -0.3 is 5.32 Å². The van der Waals surface area contributed by atoms with E-state index in [-0.39, 0.29) is 0 Å². The highest BCUT2D eigenvalue weighted by Crippen LogP contribution is 2.45. The molecule has 0 saturated heterocycles. The average molecular weight is 328 g/mol. The summed E-state index contributed by atoms with van der Waals surface area (Å²) in [5, 5.41) is 5.41. The fourth-order valence-electron chi connectivity index (χ4n) is 3.77.